The zero-order valence-corrected chi connectivity index (χ0v) is 16.0. The van der Waals surface area contributed by atoms with E-state index in [9.17, 15) is 9.18 Å². The van der Waals surface area contributed by atoms with Crippen molar-refractivity contribution in [2.24, 2.45) is 0 Å². The van der Waals surface area contributed by atoms with Crippen LogP contribution in [0.15, 0.2) is 48.5 Å². The largest absolute Gasteiger partial charge is 0.378 e. The molecule has 0 bridgehead atoms. The lowest BCUT2D eigenvalue weighted by molar-refractivity contribution is -0.900. The smallest absolute Gasteiger partial charge is 0.230 e. The molecule has 1 fully saturated rings. The van der Waals surface area contributed by atoms with Gasteiger partial charge in [-0.25, -0.2) is 4.39 Å². The number of carbonyl (C=O) groups is 1. The Bertz CT molecular complexity index is 755. The number of para-hydroxylation sites is 1. The first-order chi connectivity index (χ1) is 13.0. The van der Waals surface area contributed by atoms with Crippen molar-refractivity contribution in [3.8, 4) is 0 Å². The van der Waals surface area contributed by atoms with Gasteiger partial charge in [-0.05, 0) is 36.4 Å². The van der Waals surface area contributed by atoms with E-state index < -0.39 is 0 Å². The molecule has 1 aliphatic rings. The van der Waals surface area contributed by atoms with E-state index in [1.165, 1.54) is 11.0 Å². The summed E-state index contributed by atoms with van der Waals surface area (Å²) in [6.45, 7) is 4.25. The number of nitrogens with zero attached hydrogens (tertiary/aromatic N) is 2. The van der Waals surface area contributed by atoms with Crippen LogP contribution in [-0.4, -0.2) is 52.7 Å². The summed E-state index contributed by atoms with van der Waals surface area (Å²) in [4.78, 5) is 17.7. The summed E-state index contributed by atoms with van der Waals surface area (Å²) >= 11 is 0. The first kappa shape index (κ1) is 19.2. The van der Waals surface area contributed by atoms with E-state index in [-0.39, 0.29) is 11.7 Å². The minimum Gasteiger partial charge on any atom is -0.378 e. The summed E-state index contributed by atoms with van der Waals surface area (Å²) in [6, 6.07) is 14.7. The van der Waals surface area contributed by atoms with Gasteiger partial charge in [-0.1, -0.05) is 12.1 Å². The van der Waals surface area contributed by atoms with E-state index in [2.05, 4.69) is 10.2 Å². The molecule has 2 N–H and O–H groups in total. The first-order valence-corrected chi connectivity index (χ1v) is 9.43. The van der Waals surface area contributed by atoms with Gasteiger partial charge in [-0.2, -0.15) is 0 Å². The lowest BCUT2D eigenvalue weighted by Gasteiger charge is -2.33. The summed E-state index contributed by atoms with van der Waals surface area (Å²) < 4.78 is 13.9. The third kappa shape index (κ3) is 5.20. The number of nitrogens with one attached hydrogen (secondary N) is 2. The van der Waals surface area contributed by atoms with Crippen molar-refractivity contribution in [3.05, 3.63) is 54.3 Å². The molecule has 2 aromatic carbocycles. The Morgan fingerprint density at radius 3 is 2.41 bits per heavy atom. The average molecular weight is 371 g/mol. The number of anilines is 3. The third-order valence-electron chi connectivity index (χ3n) is 5.04. The van der Waals surface area contributed by atoms with Gasteiger partial charge in [0.05, 0.1) is 44.8 Å². The molecule has 1 saturated heterocycles. The fraction of sp³-hybridized carbons (Fsp3) is 0.381. The average Bonchev–Trinajstić information content (AvgIpc) is 2.68. The second-order valence-corrected chi connectivity index (χ2v) is 7.18. The molecule has 0 spiro atoms. The van der Waals surface area contributed by atoms with Gasteiger partial charge in [0.2, 0.25) is 5.91 Å². The van der Waals surface area contributed by atoms with Crippen LogP contribution in [0.2, 0.25) is 0 Å². The molecule has 0 aliphatic carbocycles. The fourth-order valence-electron chi connectivity index (χ4n) is 3.38. The van der Waals surface area contributed by atoms with Gasteiger partial charge < -0.3 is 20.0 Å². The van der Waals surface area contributed by atoms with Gasteiger partial charge in [-0.3, -0.25) is 4.79 Å². The van der Waals surface area contributed by atoms with E-state index in [4.69, 9.17) is 0 Å². The molecular formula is C21H28FN4O+. The number of hydrogen-bond donors (Lipinski definition) is 2. The lowest BCUT2D eigenvalue weighted by Crippen LogP contribution is -3.15. The molecule has 5 nitrogen and oxygen atoms in total. The maximum absolute atomic E-state index is 13.9. The maximum atomic E-state index is 13.9. The van der Waals surface area contributed by atoms with E-state index in [1.807, 2.05) is 55.4 Å². The van der Waals surface area contributed by atoms with Crippen molar-refractivity contribution in [3.63, 3.8) is 0 Å². The molecule has 27 heavy (non-hydrogen) atoms. The lowest BCUT2D eigenvalue weighted by atomic mass is 10.2. The quantitative estimate of drug-likeness (QED) is 0.811. The van der Waals surface area contributed by atoms with Crippen LogP contribution < -0.4 is 20.0 Å². The van der Waals surface area contributed by atoms with E-state index >= 15 is 0 Å². The van der Waals surface area contributed by atoms with Crippen molar-refractivity contribution in [2.75, 3.05) is 61.9 Å². The Labute approximate surface area is 160 Å². The van der Waals surface area contributed by atoms with Crippen LogP contribution in [0.3, 0.4) is 0 Å². The molecule has 6 heteroatoms. The van der Waals surface area contributed by atoms with Gasteiger partial charge in [0, 0.05) is 25.5 Å². The summed E-state index contributed by atoms with van der Waals surface area (Å²) in [5, 5.41) is 2.96. The predicted octanol–water partition coefficient (Wildman–Crippen LogP) is 1.63. The molecule has 2 aromatic rings. The number of benzene rings is 2. The number of amides is 1. The Kier molecular flexibility index (Phi) is 6.29. The van der Waals surface area contributed by atoms with Crippen LogP contribution in [0.25, 0.3) is 0 Å². The zero-order valence-electron chi connectivity index (χ0n) is 16.0. The molecule has 0 unspecified atom stereocenters. The number of rotatable bonds is 6. The summed E-state index contributed by atoms with van der Waals surface area (Å²) in [6.07, 6.45) is 0.491. The van der Waals surface area contributed by atoms with Crippen molar-refractivity contribution in [1.29, 1.82) is 0 Å². The maximum Gasteiger partial charge on any atom is 0.230 e. The molecule has 0 radical (unpaired) electrons. The summed E-state index contributed by atoms with van der Waals surface area (Å²) in [7, 11) is 3.98. The number of hydrogen-bond acceptors (Lipinski definition) is 3. The van der Waals surface area contributed by atoms with Crippen LogP contribution in [0.4, 0.5) is 21.5 Å². The monoisotopic (exact) mass is 371 g/mol. The van der Waals surface area contributed by atoms with Gasteiger partial charge >= 0.3 is 0 Å². The van der Waals surface area contributed by atoms with Gasteiger partial charge in [0.1, 0.15) is 5.82 Å². The van der Waals surface area contributed by atoms with Crippen molar-refractivity contribution >= 4 is 23.0 Å². The molecule has 1 amide bonds. The van der Waals surface area contributed by atoms with Crippen LogP contribution in [-0.2, 0) is 4.79 Å². The van der Waals surface area contributed by atoms with E-state index in [0.717, 1.165) is 44.1 Å². The summed E-state index contributed by atoms with van der Waals surface area (Å²) in [5.41, 5.74) is 2.60. The van der Waals surface area contributed by atoms with E-state index in [1.54, 1.807) is 6.07 Å². The highest BCUT2D eigenvalue weighted by Gasteiger charge is 2.22. The van der Waals surface area contributed by atoms with Crippen LogP contribution in [0.1, 0.15) is 6.42 Å². The summed E-state index contributed by atoms with van der Waals surface area (Å²) in [5.74, 6) is -0.128. The normalized spacial score (nSPS) is 14.9. The van der Waals surface area contributed by atoms with Crippen LogP contribution in [0.5, 0.6) is 0 Å². The van der Waals surface area contributed by atoms with Crippen LogP contribution in [0, 0.1) is 5.82 Å². The number of quaternary nitrogens is 1. The molecule has 144 valence electrons. The number of piperazine rings is 1. The van der Waals surface area contributed by atoms with Gasteiger partial charge in [-0.15, -0.1) is 0 Å². The zero-order chi connectivity index (χ0) is 19.2. The van der Waals surface area contributed by atoms with E-state index in [0.29, 0.717) is 12.1 Å². The molecule has 0 saturated carbocycles. The topological polar surface area (TPSA) is 40.0 Å². The van der Waals surface area contributed by atoms with Crippen LogP contribution >= 0.6 is 0 Å². The third-order valence-corrected chi connectivity index (χ3v) is 5.04. The van der Waals surface area contributed by atoms with Crippen molar-refractivity contribution in [2.45, 2.75) is 6.42 Å². The molecule has 3 rings (SSSR count). The highest BCUT2D eigenvalue weighted by Crippen LogP contribution is 2.18. The van der Waals surface area contributed by atoms with Crippen molar-refractivity contribution < 1.29 is 14.1 Å². The second-order valence-electron chi connectivity index (χ2n) is 7.18. The molecule has 0 atom stereocenters. The number of carbonyl (C=O) groups excluding carboxylic acids is 1. The Balaban J connectivity index is 1.42. The highest BCUT2D eigenvalue weighted by molar-refractivity contribution is 5.90. The number of halogens is 1. The molecule has 0 aromatic heterocycles. The standard InChI is InChI=1S/C21H27FN4O/c1-24(2)18-9-7-17(8-10-18)23-21(27)11-12-25-13-15-26(16-14-25)20-6-4-3-5-19(20)22/h3-10H,11-16H2,1-2H3,(H,23,27)/p+1. The highest BCUT2D eigenvalue weighted by atomic mass is 19.1. The van der Waals surface area contributed by atoms with Gasteiger partial charge in [0.15, 0.2) is 0 Å². The molecule has 1 heterocycles. The Morgan fingerprint density at radius 2 is 1.78 bits per heavy atom. The predicted molar refractivity (Wildman–Crippen MR) is 108 cm³/mol. The van der Waals surface area contributed by atoms with Crippen molar-refractivity contribution in [1.82, 2.24) is 0 Å². The first-order valence-electron chi connectivity index (χ1n) is 9.43. The molecule has 1 aliphatic heterocycles. The Hall–Kier alpha value is -2.60. The fourth-order valence-corrected chi connectivity index (χ4v) is 3.38. The minimum absolute atomic E-state index is 0.0386. The second kappa shape index (κ2) is 8.86. The minimum atomic E-state index is -0.166. The van der Waals surface area contributed by atoms with Gasteiger partial charge in [0.25, 0.3) is 0 Å². The Morgan fingerprint density at radius 1 is 1.11 bits per heavy atom. The SMILES string of the molecule is CN(C)c1ccc(NC(=O)CC[NH+]2CCN(c3ccccc3F)CC2)cc1. The molecular weight excluding hydrogens is 343 g/mol.